The predicted octanol–water partition coefficient (Wildman–Crippen LogP) is 3.22. The molecular weight excluding hydrogens is 422 g/mol. The van der Waals surface area contributed by atoms with Crippen molar-refractivity contribution in [3.8, 4) is 0 Å². The fourth-order valence-electron chi connectivity index (χ4n) is 2.61. The van der Waals surface area contributed by atoms with Gasteiger partial charge in [-0.15, -0.1) is 24.0 Å². The van der Waals surface area contributed by atoms with Crippen molar-refractivity contribution in [1.82, 2.24) is 15.8 Å². The molecule has 1 fully saturated rings. The van der Waals surface area contributed by atoms with Crippen molar-refractivity contribution in [1.29, 1.82) is 0 Å². The average molecular weight is 444 g/mol. The van der Waals surface area contributed by atoms with E-state index in [4.69, 9.17) is 4.52 Å². The molecule has 1 aliphatic rings. The standard InChI is InChI=1S/C17H21FN4O.HI/c1-2-19-16(20-11-15-6-9-23-22-15)21-12-17(7-8-17)13-4-3-5-14(18)10-13;/h3-6,9-10H,2,7-8,11-12H2,1H3,(H2,19,20,21);1H. The van der Waals surface area contributed by atoms with Gasteiger partial charge in [-0.05, 0) is 37.5 Å². The van der Waals surface area contributed by atoms with Crippen molar-refractivity contribution in [2.75, 3.05) is 13.1 Å². The molecule has 0 spiro atoms. The maximum atomic E-state index is 13.5. The maximum absolute atomic E-state index is 13.5. The van der Waals surface area contributed by atoms with E-state index in [0.29, 0.717) is 6.54 Å². The van der Waals surface area contributed by atoms with Crippen molar-refractivity contribution >= 4 is 29.9 Å². The van der Waals surface area contributed by atoms with Crippen LogP contribution >= 0.6 is 24.0 Å². The van der Waals surface area contributed by atoms with Gasteiger partial charge in [0.05, 0.1) is 6.54 Å². The molecule has 0 atom stereocenters. The summed E-state index contributed by atoms with van der Waals surface area (Å²) >= 11 is 0. The molecule has 2 N–H and O–H groups in total. The fourth-order valence-corrected chi connectivity index (χ4v) is 2.61. The Bertz CT molecular complexity index is 671. The van der Waals surface area contributed by atoms with Crippen LogP contribution < -0.4 is 10.6 Å². The van der Waals surface area contributed by atoms with Crippen LogP contribution in [0.5, 0.6) is 0 Å². The van der Waals surface area contributed by atoms with Crippen LogP contribution in [0.1, 0.15) is 31.0 Å². The number of nitrogens with zero attached hydrogens (tertiary/aromatic N) is 2. The van der Waals surface area contributed by atoms with Crippen molar-refractivity contribution < 1.29 is 8.91 Å². The second-order valence-corrected chi connectivity index (χ2v) is 5.83. The van der Waals surface area contributed by atoms with Gasteiger partial charge in [-0.2, -0.15) is 0 Å². The third-order valence-corrected chi connectivity index (χ3v) is 4.12. The number of benzene rings is 1. The Morgan fingerprint density at radius 1 is 1.33 bits per heavy atom. The molecule has 5 nitrogen and oxygen atoms in total. The second-order valence-electron chi connectivity index (χ2n) is 5.83. The third kappa shape index (κ3) is 4.68. The highest BCUT2D eigenvalue weighted by atomic mass is 127. The number of aliphatic imine (C=N–C) groups is 1. The van der Waals surface area contributed by atoms with Crippen LogP contribution in [0.25, 0.3) is 0 Å². The minimum atomic E-state index is -0.180. The van der Waals surface area contributed by atoms with Gasteiger partial charge in [0.2, 0.25) is 0 Å². The first kappa shape index (κ1) is 18.7. The average Bonchev–Trinajstić information content (AvgIpc) is 3.17. The summed E-state index contributed by atoms with van der Waals surface area (Å²) in [7, 11) is 0. The zero-order valence-electron chi connectivity index (χ0n) is 13.6. The highest BCUT2D eigenvalue weighted by Crippen LogP contribution is 2.47. The third-order valence-electron chi connectivity index (χ3n) is 4.12. The van der Waals surface area contributed by atoms with E-state index >= 15 is 0 Å². The Labute approximate surface area is 158 Å². The van der Waals surface area contributed by atoms with Crippen molar-refractivity contribution in [3.05, 3.63) is 53.7 Å². The molecular formula is C17H22FIN4O. The van der Waals surface area contributed by atoms with Gasteiger partial charge >= 0.3 is 0 Å². The van der Waals surface area contributed by atoms with Gasteiger partial charge in [0.15, 0.2) is 5.96 Å². The van der Waals surface area contributed by atoms with Gasteiger partial charge in [-0.1, -0.05) is 17.3 Å². The summed E-state index contributed by atoms with van der Waals surface area (Å²) in [4.78, 5) is 4.50. The molecule has 0 saturated heterocycles. The summed E-state index contributed by atoms with van der Waals surface area (Å²) < 4.78 is 18.3. The SMILES string of the molecule is CCNC(=NCc1ccon1)NCC1(c2cccc(F)c2)CC1.I. The second kappa shape index (κ2) is 8.46. The first-order chi connectivity index (χ1) is 11.2. The molecule has 1 aromatic carbocycles. The van der Waals surface area contributed by atoms with Crippen molar-refractivity contribution in [2.45, 2.75) is 31.7 Å². The lowest BCUT2D eigenvalue weighted by Gasteiger charge is -2.19. The molecule has 0 radical (unpaired) electrons. The number of aromatic nitrogens is 1. The van der Waals surface area contributed by atoms with Gasteiger partial charge in [-0.3, -0.25) is 0 Å². The topological polar surface area (TPSA) is 62.5 Å². The Morgan fingerprint density at radius 2 is 2.17 bits per heavy atom. The van der Waals surface area contributed by atoms with Crippen LogP contribution in [0, 0.1) is 5.82 Å². The molecule has 0 aliphatic heterocycles. The lowest BCUT2D eigenvalue weighted by Crippen LogP contribution is -2.41. The normalized spacial score (nSPS) is 15.5. The summed E-state index contributed by atoms with van der Waals surface area (Å²) in [6, 6.07) is 8.68. The van der Waals surface area contributed by atoms with Gasteiger partial charge < -0.3 is 15.2 Å². The molecule has 24 heavy (non-hydrogen) atoms. The summed E-state index contributed by atoms with van der Waals surface area (Å²) in [6.07, 6.45) is 3.66. The Hall–Kier alpha value is -1.64. The van der Waals surface area contributed by atoms with Gasteiger partial charge in [0, 0.05) is 24.6 Å². The molecule has 0 bridgehead atoms. The van der Waals surface area contributed by atoms with E-state index in [1.807, 2.05) is 13.0 Å². The first-order valence-corrected chi connectivity index (χ1v) is 7.89. The minimum Gasteiger partial charge on any atom is -0.364 e. The van der Waals surface area contributed by atoms with E-state index in [-0.39, 0.29) is 35.2 Å². The first-order valence-electron chi connectivity index (χ1n) is 7.89. The molecule has 7 heteroatoms. The largest absolute Gasteiger partial charge is 0.364 e. The summed E-state index contributed by atoms with van der Waals surface area (Å²) in [6.45, 7) is 3.99. The van der Waals surface area contributed by atoms with E-state index in [1.165, 1.54) is 12.3 Å². The zero-order chi connectivity index (χ0) is 16.1. The monoisotopic (exact) mass is 444 g/mol. The summed E-state index contributed by atoms with van der Waals surface area (Å²) in [5.74, 6) is 0.554. The molecule has 3 rings (SSSR count). The van der Waals surface area contributed by atoms with Crippen molar-refractivity contribution in [2.24, 2.45) is 4.99 Å². The number of rotatable bonds is 6. The van der Waals surface area contributed by atoms with Crippen LogP contribution in [0.15, 0.2) is 46.1 Å². The molecule has 0 amide bonds. The van der Waals surface area contributed by atoms with Crippen LogP contribution in [-0.2, 0) is 12.0 Å². The van der Waals surface area contributed by atoms with E-state index in [0.717, 1.165) is 43.1 Å². The number of guanidine groups is 1. The van der Waals surface area contributed by atoms with Crippen LogP contribution in [0.4, 0.5) is 4.39 Å². The van der Waals surface area contributed by atoms with Crippen LogP contribution in [-0.4, -0.2) is 24.2 Å². The van der Waals surface area contributed by atoms with E-state index in [9.17, 15) is 4.39 Å². The van der Waals surface area contributed by atoms with Crippen molar-refractivity contribution in [3.63, 3.8) is 0 Å². The predicted molar refractivity (Wildman–Crippen MR) is 102 cm³/mol. The number of halogens is 2. The highest BCUT2D eigenvalue weighted by Gasteiger charge is 2.44. The Balaban J connectivity index is 0.00000208. The number of hydrogen-bond donors (Lipinski definition) is 2. The number of nitrogens with one attached hydrogen (secondary N) is 2. The number of hydrogen-bond acceptors (Lipinski definition) is 3. The molecule has 2 aromatic rings. The minimum absolute atomic E-state index is 0. The molecule has 130 valence electrons. The lowest BCUT2D eigenvalue weighted by atomic mass is 9.96. The quantitative estimate of drug-likeness (QED) is 0.408. The molecule has 1 saturated carbocycles. The van der Waals surface area contributed by atoms with Gasteiger partial charge in [-0.25, -0.2) is 9.38 Å². The molecule has 1 aromatic heterocycles. The fraction of sp³-hybridized carbons (Fsp3) is 0.412. The Kier molecular flexibility index (Phi) is 6.59. The van der Waals surface area contributed by atoms with Gasteiger partial charge in [0.25, 0.3) is 0 Å². The molecule has 1 aliphatic carbocycles. The van der Waals surface area contributed by atoms with E-state index in [1.54, 1.807) is 18.2 Å². The molecule has 1 heterocycles. The Morgan fingerprint density at radius 3 is 2.79 bits per heavy atom. The zero-order valence-corrected chi connectivity index (χ0v) is 15.9. The smallest absolute Gasteiger partial charge is 0.191 e. The lowest BCUT2D eigenvalue weighted by molar-refractivity contribution is 0.412. The highest BCUT2D eigenvalue weighted by molar-refractivity contribution is 14.0. The maximum Gasteiger partial charge on any atom is 0.191 e. The summed E-state index contributed by atoms with van der Waals surface area (Å²) in [5.41, 5.74) is 1.86. The van der Waals surface area contributed by atoms with E-state index < -0.39 is 0 Å². The van der Waals surface area contributed by atoms with E-state index in [2.05, 4.69) is 20.8 Å². The molecule has 0 unspecified atom stereocenters. The summed E-state index contributed by atoms with van der Waals surface area (Å²) in [5, 5.41) is 10.4. The van der Waals surface area contributed by atoms with Crippen LogP contribution in [0.2, 0.25) is 0 Å². The van der Waals surface area contributed by atoms with Crippen LogP contribution in [0.3, 0.4) is 0 Å². The van der Waals surface area contributed by atoms with Gasteiger partial charge in [0.1, 0.15) is 17.8 Å².